The van der Waals surface area contributed by atoms with Crippen molar-refractivity contribution in [2.75, 3.05) is 20.3 Å². The van der Waals surface area contributed by atoms with Crippen LogP contribution in [-0.2, 0) is 4.79 Å². The third-order valence-corrected chi connectivity index (χ3v) is 0.647. The summed E-state index contributed by atoms with van der Waals surface area (Å²) in [6.07, 6.45) is 0. The Morgan fingerprint density at radius 2 is 2.25 bits per heavy atom. The van der Waals surface area contributed by atoms with Crippen LogP contribution in [0.4, 0.5) is 0 Å². The van der Waals surface area contributed by atoms with Gasteiger partial charge in [0.05, 0.1) is 13.3 Å². The molecule has 0 unspecified atom stereocenters. The quantitative estimate of drug-likeness (QED) is 0.465. The normalized spacial score (nSPS) is 9.88. The third-order valence-electron chi connectivity index (χ3n) is 0.647. The second-order valence-electron chi connectivity index (χ2n) is 1.55. The van der Waals surface area contributed by atoms with Gasteiger partial charge in [0.15, 0.2) is 0 Å². The van der Waals surface area contributed by atoms with E-state index in [1.165, 1.54) is 11.9 Å². The fourth-order valence-corrected chi connectivity index (χ4v) is 0.281. The van der Waals surface area contributed by atoms with Crippen LogP contribution < -0.4 is 0 Å². The molecular formula is C4H9NO3. The summed E-state index contributed by atoms with van der Waals surface area (Å²) in [6.45, 7) is -0.331. The summed E-state index contributed by atoms with van der Waals surface area (Å²) in [7, 11) is 1.52. The highest BCUT2D eigenvalue weighted by Crippen LogP contribution is 1.75. The van der Waals surface area contributed by atoms with Crippen molar-refractivity contribution in [2.24, 2.45) is 0 Å². The molecule has 0 amide bonds. The van der Waals surface area contributed by atoms with E-state index in [2.05, 4.69) is 0 Å². The van der Waals surface area contributed by atoms with E-state index in [4.69, 9.17) is 10.2 Å². The molecular weight excluding hydrogens is 110 g/mol. The van der Waals surface area contributed by atoms with Gasteiger partial charge < -0.3 is 10.2 Å². The Morgan fingerprint density at radius 1 is 1.75 bits per heavy atom. The molecule has 0 aromatic rings. The second kappa shape index (κ2) is 3.40. The monoisotopic (exact) mass is 119 g/mol. The lowest BCUT2D eigenvalue weighted by Gasteiger charge is -2.07. The minimum Gasteiger partial charge on any atom is -0.480 e. The average Bonchev–Trinajstić information content (AvgIpc) is 1.65. The topological polar surface area (TPSA) is 60.8 Å². The maximum atomic E-state index is 9.82. The van der Waals surface area contributed by atoms with Crippen molar-refractivity contribution in [3.63, 3.8) is 0 Å². The summed E-state index contributed by atoms with van der Waals surface area (Å²) in [5.74, 6) is -0.929. The van der Waals surface area contributed by atoms with Gasteiger partial charge in [0.2, 0.25) is 0 Å². The number of carboxylic acids is 1. The summed E-state index contributed by atoms with van der Waals surface area (Å²) < 4.78 is 0. The molecule has 0 aliphatic carbocycles. The highest BCUT2D eigenvalue weighted by molar-refractivity contribution is 5.68. The minimum atomic E-state index is -0.929. The summed E-state index contributed by atoms with van der Waals surface area (Å²) in [6, 6.07) is 0. The number of hydrogen-bond acceptors (Lipinski definition) is 3. The van der Waals surface area contributed by atoms with Crippen LogP contribution in [0.5, 0.6) is 0 Å². The molecule has 0 rings (SSSR count). The minimum absolute atomic E-state index is 0.115. The molecule has 0 aromatic carbocycles. The van der Waals surface area contributed by atoms with Crippen molar-refractivity contribution < 1.29 is 15.0 Å². The van der Waals surface area contributed by atoms with E-state index in [0.717, 1.165) is 0 Å². The van der Waals surface area contributed by atoms with Gasteiger partial charge in [0.1, 0.15) is 0 Å². The van der Waals surface area contributed by atoms with Gasteiger partial charge in [-0.1, -0.05) is 0 Å². The molecule has 0 aliphatic rings. The second-order valence-corrected chi connectivity index (χ2v) is 1.55. The first-order valence-electron chi connectivity index (χ1n) is 2.18. The molecule has 4 heteroatoms. The number of hydrogen-bond donors (Lipinski definition) is 2. The molecule has 48 valence electrons. The summed E-state index contributed by atoms with van der Waals surface area (Å²) in [5.41, 5.74) is 0. The first-order chi connectivity index (χ1) is 3.66. The zero-order chi connectivity index (χ0) is 6.57. The van der Waals surface area contributed by atoms with E-state index in [9.17, 15) is 4.79 Å². The van der Waals surface area contributed by atoms with Gasteiger partial charge in [-0.15, -0.1) is 0 Å². The standard InChI is InChI=1S/C4H9NO3/c1-5(3-6)2-4(7)8/h6H,2-3H2,1H3,(H,7,8). The summed E-state index contributed by atoms with van der Waals surface area (Å²) in [5, 5.41) is 16.3. The zero-order valence-corrected chi connectivity index (χ0v) is 4.66. The SMILES string of the molecule is CN(CO)CC(=O)O. The van der Waals surface area contributed by atoms with Crippen LogP contribution in [0, 0.1) is 0 Å². The third kappa shape index (κ3) is 3.58. The summed E-state index contributed by atoms with van der Waals surface area (Å²) in [4.78, 5) is 11.1. The Bertz CT molecular complexity index is 83.4. The number of aliphatic hydroxyl groups excluding tert-OH is 1. The van der Waals surface area contributed by atoms with Crippen molar-refractivity contribution >= 4 is 5.97 Å². The molecule has 0 saturated heterocycles. The Labute approximate surface area is 47.3 Å². The number of likely N-dealkylation sites (N-methyl/N-ethyl adjacent to an activating group) is 1. The largest absolute Gasteiger partial charge is 0.480 e. The zero-order valence-electron chi connectivity index (χ0n) is 4.66. The van der Waals surface area contributed by atoms with Gasteiger partial charge in [0, 0.05) is 0 Å². The fourth-order valence-electron chi connectivity index (χ4n) is 0.281. The lowest BCUT2D eigenvalue weighted by Crippen LogP contribution is -2.26. The average molecular weight is 119 g/mol. The van der Waals surface area contributed by atoms with Gasteiger partial charge in [-0.05, 0) is 7.05 Å². The number of aliphatic carboxylic acids is 1. The van der Waals surface area contributed by atoms with Gasteiger partial charge in [0.25, 0.3) is 0 Å². The maximum Gasteiger partial charge on any atom is 0.317 e. The van der Waals surface area contributed by atoms with Gasteiger partial charge in [-0.3, -0.25) is 9.69 Å². The lowest BCUT2D eigenvalue weighted by molar-refractivity contribution is -0.138. The van der Waals surface area contributed by atoms with E-state index in [1.54, 1.807) is 0 Å². The molecule has 0 aromatic heterocycles. The molecule has 0 heterocycles. The maximum absolute atomic E-state index is 9.82. The van der Waals surface area contributed by atoms with Gasteiger partial charge in [-0.2, -0.15) is 0 Å². The Morgan fingerprint density at radius 3 is 2.38 bits per heavy atom. The van der Waals surface area contributed by atoms with Crippen LogP contribution in [-0.4, -0.2) is 41.4 Å². The van der Waals surface area contributed by atoms with Crippen molar-refractivity contribution in [2.45, 2.75) is 0 Å². The van der Waals surface area contributed by atoms with E-state index in [-0.39, 0.29) is 13.3 Å². The predicted molar refractivity (Wildman–Crippen MR) is 27.4 cm³/mol. The van der Waals surface area contributed by atoms with Crippen LogP contribution in [0.3, 0.4) is 0 Å². The summed E-state index contributed by atoms with van der Waals surface area (Å²) >= 11 is 0. The molecule has 0 aliphatic heterocycles. The van der Waals surface area contributed by atoms with Crippen LogP contribution in [0.2, 0.25) is 0 Å². The van der Waals surface area contributed by atoms with E-state index in [0.29, 0.717) is 0 Å². The molecule has 0 radical (unpaired) electrons. The van der Waals surface area contributed by atoms with Crippen molar-refractivity contribution in [3.8, 4) is 0 Å². The highest BCUT2D eigenvalue weighted by Gasteiger charge is 1.99. The Hall–Kier alpha value is -0.610. The van der Waals surface area contributed by atoms with Crippen molar-refractivity contribution in [1.82, 2.24) is 4.90 Å². The fraction of sp³-hybridized carbons (Fsp3) is 0.750. The smallest absolute Gasteiger partial charge is 0.317 e. The molecule has 4 nitrogen and oxygen atoms in total. The van der Waals surface area contributed by atoms with Crippen LogP contribution in [0.1, 0.15) is 0 Å². The van der Waals surface area contributed by atoms with E-state index >= 15 is 0 Å². The molecule has 0 spiro atoms. The lowest BCUT2D eigenvalue weighted by atomic mass is 10.6. The number of carboxylic acid groups (broad SMARTS) is 1. The van der Waals surface area contributed by atoms with Crippen molar-refractivity contribution in [3.05, 3.63) is 0 Å². The Balaban J connectivity index is 3.24. The van der Waals surface area contributed by atoms with Gasteiger partial charge in [-0.25, -0.2) is 0 Å². The molecule has 0 saturated carbocycles. The predicted octanol–water partition coefficient (Wildman–Crippen LogP) is -1.05. The van der Waals surface area contributed by atoms with E-state index in [1.807, 2.05) is 0 Å². The molecule has 0 fully saturated rings. The van der Waals surface area contributed by atoms with E-state index < -0.39 is 5.97 Å². The number of aliphatic hydroxyl groups is 1. The highest BCUT2D eigenvalue weighted by atomic mass is 16.4. The number of carbonyl (C=O) groups is 1. The number of nitrogens with zero attached hydrogens (tertiary/aromatic N) is 1. The molecule has 2 N–H and O–H groups in total. The van der Waals surface area contributed by atoms with Crippen LogP contribution in [0.15, 0.2) is 0 Å². The van der Waals surface area contributed by atoms with Crippen molar-refractivity contribution in [1.29, 1.82) is 0 Å². The molecule has 0 atom stereocenters. The van der Waals surface area contributed by atoms with Crippen LogP contribution in [0.25, 0.3) is 0 Å². The Kier molecular flexibility index (Phi) is 3.14. The first-order valence-corrected chi connectivity index (χ1v) is 2.18. The first kappa shape index (κ1) is 7.39. The number of rotatable bonds is 3. The molecule has 0 bridgehead atoms. The molecule has 8 heavy (non-hydrogen) atoms. The van der Waals surface area contributed by atoms with Crippen LogP contribution >= 0.6 is 0 Å². The van der Waals surface area contributed by atoms with Gasteiger partial charge >= 0.3 is 5.97 Å².